The quantitative estimate of drug-likeness (QED) is 0.528. The minimum atomic E-state index is -0.502. The molecule has 1 aromatic heterocycles. The molecule has 2 fully saturated rings. The molecule has 2 heterocycles. The van der Waals surface area contributed by atoms with Gasteiger partial charge in [0.2, 0.25) is 0 Å². The zero-order chi connectivity index (χ0) is 24.9. The van der Waals surface area contributed by atoms with Gasteiger partial charge in [-0.25, -0.2) is 13.9 Å². The summed E-state index contributed by atoms with van der Waals surface area (Å²) in [6.45, 7) is 5.48. The van der Waals surface area contributed by atoms with Crippen LogP contribution in [0.25, 0.3) is 5.69 Å². The molecule has 3 atom stereocenters. The molecule has 10 heteroatoms. The fourth-order valence-corrected chi connectivity index (χ4v) is 4.35. The molecule has 4 rings (SSSR count). The van der Waals surface area contributed by atoms with Crippen molar-refractivity contribution in [2.75, 3.05) is 26.8 Å². The summed E-state index contributed by atoms with van der Waals surface area (Å²) in [4.78, 5) is 26.7. The van der Waals surface area contributed by atoms with Crippen molar-refractivity contribution >= 4 is 12.0 Å². The summed E-state index contributed by atoms with van der Waals surface area (Å²) < 4.78 is 25.8. The zero-order valence-electron chi connectivity index (χ0n) is 20.5. The standard InChI is InChI=1S/C25H34FN5O4/c1-16-15-35-23(14-28-16)24(32)30(19-10-11-19)17(2)22-13-21(5-4-12-27-25(33)34-3)31(29-22)20-8-6-18(26)7-9-20/h6-9,13,16-17,19,23,28H,4-5,10-12,14-15H2,1-3H3,(H,27,33)/t16-,17+,23+/m0/s1. The lowest BCUT2D eigenvalue weighted by molar-refractivity contribution is -0.149. The van der Waals surface area contributed by atoms with E-state index in [0.717, 1.165) is 29.9 Å². The highest BCUT2D eigenvalue weighted by Gasteiger charge is 2.41. The number of rotatable bonds is 9. The second-order valence-corrected chi connectivity index (χ2v) is 9.25. The van der Waals surface area contributed by atoms with E-state index in [1.165, 1.54) is 19.2 Å². The summed E-state index contributed by atoms with van der Waals surface area (Å²) in [5.74, 6) is -0.334. The van der Waals surface area contributed by atoms with Gasteiger partial charge in [-0.15, -0.1) is 0 Å². The molecular weight excluding hydrogens is 453 g/mol. The van der Waals surface area contributed by atoms with Crippen LogP contribution < -0.4 is 10.6 Å². The van der Waals surface area contributed by atoms with Gasteiger partial charge >= 0.3 is 6.09 Å². The van der Waals surface area contributed by atoms with E-state index in [-0.39, 0.29) is 29.8 Å². The summed E-state index contributed by atoms with van der Waals surface area (Å²) >= 11 is 0. The van der Waals surface area contributed by atoms with E-state index in [9.17, 15) is 14.0 Å². The molecule has 1 aliphatic carbocycles. The molecule has 2 aromatic rings. The highest BCUT2D eigenvalue weighted by molar-refractivity contribution is 5.82. The summed E-state index contributed by atoms with van der Waals surface area (Å²) in [6, 6.07) is 8.33. The van der Waals surface area contributed by atoms with Crippen molar-refractivity contribution in [2.45, 2.75) is 63.8 Å². The van der Waals surface area contributed by atoms with E-state index in [4.69, 9.17) is 9.84 Å². The molecule has 0 radical (unpaired) electrons. The molecule has 2 aliphatic rings. The van der Waals surface area contributed by atoms with Gasteiger partial charge in [0.05, 0.1) is 31.1 Å². The second-order valence-electron chi connectivity index (χ2n) is 9.25. The van der Waals surface area contributed by atoms with Crippen LogP contribution in [-0.2, 0) is 20.7 Å². The normalized spacial score (nSPS) is 20.8. The van der Waals surface area contributed by atoms with Crippen molar-refractivity contribution < 1.29 is 23.5 Å². The average Bonchev–Trinajstić information content (AvgIpc) is 3.60. The van der Waals surface area contributed by atoms with Gasteiger partial charge in [0.25, 0.3) is 5.91 Å². The number of ether oxygens (including phenoxy) is 2. The number of hydrogen-bond acceptors (Lipinski definition) is 6. The van der Waals surface area contributed by atoms with Gasteiger partial charge in [0.15, 0.2) is 0 Å². The molecule has 2 N–H and O–H groups in total. The Kier molecular flexibility index (Phi) is 8.02. The predicted octanol–water partition coefficient (Wildman–Crippen LogP) is 2.73. The van der Waals surface area contributed by atoms with Crippen LogP contribution in [0.2, 0.25) is 0 Å². The number of halogens is 1. The number of morpholine rings is 1. The number of methoxy groups -OCH3 is 1. The summed E-state index contributed by atoms with van der Waals surface area (Å²) in [7, 11) is 1.33. The molecule has 1 aliphatic heterocycles. The van der Waals surface area contributed by atoms with Crippen molar-refractivity contribution in [3.05, 3.63) is 47.5 Å². The maximum atomic E-state index is 13.5. The summed E-state index contributed by atoms with van der Waals surface area (Å²) in [5, 5.41) is 10.8. The van der Waals surface area contributed by atoms with E-state index in [2.05, 4.69) is 15.4 Å². The maximum Gasteiger partial charge on any atom is 0.406 e. The first-order valence-electron chi connectivity index (χ1n) is 12.2. The third-order valence-corrected chi connectivity index (χ3v) is 6.45. The minimum absolute atomic E-state index is 0.0143. The van der Waals surface area contributed by atoms with E-state index in [0.29, 0.717) is 32.5 Å². The van der Waals surface area contributed by atoms with E-state index in [1.54, 1.807) is 16.8 Å². The first-order chi connectivity index (χ1) is 16.9. The highest BCUT2D eigenvalue weighted by Crippen LogP contribution is 2.35. The SMILES string of the molecule is COC(=O)NCCCc1cc([C@@H](C)N(C(=O)[C@H]2CN[C@@H](C)CO2)C2CC2)nn1-c1ccc(F)cc1. The van der Waals surface area contributed by atoms with E-state index >= 15 is 0 Å². The molecule has 1 saturated heterocycles. The van der Waals surface area contributed by atoms with E-state index < -0.39 is 12.2 Å². The predicted molar refractivity (Wildman–Crippen MR) is 128 cm³/mol. The number of alkyl carbamates (subject to hydrolysis) is 1. The Labute approximate surface area is 204 Å². The second kappa shape index (κ2) is 11.2. The van der Waals surface area contributed by atoms with Crippen LogP contribution in [0.15, 0.2) is 30.3 Å². The number of nitrogens with zero attached hydrogens (tertiary/aromatic N) is 3. The number of aromatic nitrogens is 2. The molecule has 1 saturated carbocycles. The molecule has 190 valence electrons. The Hall–Kier alpha value is -2.98. The molecule has 0 bridgehead atoms. The molecule has 35 heavy (non-hydrogen) atoms. The summed E-state index contributed by atoms with van der Waals surface area (Å²) in [5.41, 5.74) is 2.42. The number of benzene rings is 1. The number of amides is 2. The van der Waals surface area contributed by atoms with Crippen LogP contribution in [0.1, 0.15) is 50.5 Å². The molecular formula is C25H34FN5O4. The fraction of sp³-hybridized carbons (Fsp3) is 0.560. The fourth-order valence-electron chi connectivity index (χ4n) is 4.35. The van der Waals surface area contributed by atoms with Gasteiger partial charge < -0.3 is 25.0 Å². The molecule has 0 spiro atoms. The maximum absolute atomic E-state index is 13.5. The highest BCUT2D eigenvalue weighted by atomic mass is 19.1. The van der Waals surface area contributed by atoms with Gasteiger partial charge in [-0.1, -0.05) is 0 Å². The lowest BCUT2D eigenvalue weighted by Crippen LogP contribution is -2.53. The van der Waals surface area contributed by atoms with Crippen LogP contribution in [0, 0.1) is 5.82 Å². The number of carbonyl (C=O) groups is 2. The first-order valence-corrected chi connectivity index (χ1v) is 12.2. The molecule has 9 nitrogen and oxygen atoms in total. The van der Waals surface area contributed by atoms with Gasteiger partial charge in [0.1, 0.15) is 11.9 Å². The lowest BCUT2D eigenvalue weighted by Gasteiger charge is -2.34. The monoisotopic (exact) mass is 487 g/mol. The Morgan fingerprint density at radius 3 is 2.71 bits per heavy atom. The largest absolute Gasteiger partial charge is 0.453 e. The lowest BCUT2D eigenvalue weighted by atomic mass is 10.1. The summed E-state index contributed by atoms with van der Waals surface area (Å²) in [6.07, 6.45) is 2.26. The number of aryl methyl sites for hydroxylation is 1. The van der Waals surface area contributed by atoms with Crippen LogP contribution in [-0.4, -0.2) is 71.7 Å². The number of carbonyl (C=O) groups excluding carboxylic acids is 2. The van der Waals surface area contributed by atoms with Crippen molar-refractivity contribution in [1.82, 2.24) is 25.3 Å². The Balaban J connectivity index is 1.55. The number of hydrogen-bond donors (Lipinski definition) is 2. The van der Waals surface area contributed by atoms with Crippen LogP contribution in [0.5, 0.6) is 0 Å². The van der Waals surface area contributed by atoms with Crippen molar-refractivity contribution in [2.24, 2.45) is 0 Å². The van der Waals surface area contributed by atoms with Gasteiger partial charge in [-0.05, 0) is 69.9 Å². The molecule has 0 unspecified atom stereocenters. The van der Waals surface area contributed by atoms with Gasteiger partial charge in [-0.3, -0.25) is 4.79 Å². The van der Waals surface area contributed by atoms with Crippen molar-refractivity contribution in [3.63, 3.8) is 0 Å². The van der Waals surface area contributed by atoms with Gasteiger partial charge in [0, 0.05) is 30.9 Å². The smallest absolute Gasteiger partial charge is 0.406 e. The van der Waals surface area contributed by atoms with E-state index in [1.807, 2.05) is 24.8 Å². The van der Waals surface area contributed by atoms with Crippen molar-refractivity contribution in [1.29, 1.82) is 0 Å². The topological polar surface area (TPSA) is 97.7 Å². The van der Waals surface area contributed by atoms with Crippen molar-refractivity contribution in [3.8, 4) is 5.69 Å². The molecule has 2 amide bonds. The van der Waals surface area contributed by atoms with Crippen LogP contribution in [0.4, 0.5) is 9.18 Å². The first kappa shape index (κ1) is 25.1. The average molecular weight is 488 g/mol. The van der Waals surface area contributed by atoms with Crippen LogP contribution >= 0.6 is 0 Å². The Morgan fingerprint density at radius 2 is 2.09 bits per heavy atom. The van der Waals surface area contributed by atoms with Crippen LogP contribution in [0.3, 0.4) is 0 Å². The third kappa shape index (κ3) is 6.18. The Bertz CT molecular complexity index is 1020. The Morgan fingerprint density at radius 1 is 1.34 bits per heavy atom. The zero-order valence-corrected chi connectivity index (χ0v) is 20.5. The third-order valence-electron chi connectivity index (χ3n) is 6.45. The number of nitrogens with one attached hydrogen (secondary N) is 2. The minimum Gasteiger partial charge on any atom is -0.453 e. The molecule has 1 aromatic carbocycles. The van der Waals surface area contributed by atoms with Gasteiger partial charge in [-0.2, -0.15) is 5.10 Å².